The second-order valence-electron chi connectivity index (χ2n) is 5.16. The first-order valence-corrected chi connectivity index (χ1v) is 6.32. The van der Waals surface area contributed by atoms with Crippen LogP contribution in [-0.4, -0.2) is 19.1 Å². The van der Waals surface area contributed by atoms with Gasteiger partial charge in [0.1, 0.15) is 0 Å². The molecule has 0 unspecified atom stereocenters. The lowest BCUT2D eigenvalue weighted by Gasteiger charge is -2.32. The fourth-order valence-electron chi connectivity index (χ4n) is 2.62. The third-order valence-corrected chi connectivity index (χ3v) is 4.10. The minimum atomic E-state index is 0.829. The molecule has 2 fully saturated rings. The Morgan fingerprint density at radius 1 is 0.929 bits per heavy atom. The van der Waals surface area contributed by atoms with Crippen molar-refractivity contribution < 1.29 is 0 Å². The first kappa shape index (κ1) is 10.4. The number of hydrogen-bond acceptors (Lipinski definition) is 2. The van der Waals surface area contributed by atoms with Gasteiger partial charge in [0, 0.05) is 6.04 Å². The van der Waals surface area contributed by atoms with Crippen molar-refractivity contribution in [3.63, 3.8) is 0 Å². The van der Waals surface area contributed by atoms with Gasteiger partial charge in [-0.25, -0.2) is 0 Å². The topological polar surface area (TPSA) is 38.0 Å². The molecule has 2 aliphatic rings. The summed E-state index contributed by atoms with van der Waals surface area (Å²) in [6.45, 7) is 2.17. The van der Waals surface area contributed by atoms with Gasteiger partial charge in [0.15, 0.2) is 0 Å². The predicted octanol–water partition coefficient (Wildman–Crippen LogP) is 1.89. The fourth-order valence-corrected chi connectivity index (χ4v) is 2.62. The van der Waals surface area contributed by atoms with Crippen LogP contribution in [0.25, 0.3) is 0 Å². The van der Waals surface area contributed by atoms with Gasteiger partial charge >= 0.3 is 0 Å². The van der Waals surface area contributed by atoms with Gasteiger partial charge in [0.25, 0.3) is 0 Å². The van der Waals surface area contributed by atoms with Crippen LogP contribution in [-0.2, 0) is 0 Å². The minimum absolute atomic E-state index is 0.829. The zero-order valence-corrected chi connectivity index (χ0v) is 9.17. The Morgan fingerprint density at radius 3 is 2.07 bits per heavy atom. The van der Waals surface area contributed by atoms with Crippen LogP contribution < -0.4 is 11.1 Å². The third-order valence-electron chi connectivity index (χ3n) is 4.10. The molecule has 0 aromatic carbocycles. The number of rotatable bonds is 4. The summed E-state index contributed by atoms with van der Waals surface area (Å²) in [5.74, 6) is 1.77. The first-order valence-electron chi connectivity index (χ1n) is 6.32. The van der Waals surface area contributed by atoms with E-state index in [1.54, 1.807) is 0 Å². The molecule has 2 aliphatic carbocycles. The molecule has 0 saturated heterocycles. The quantitative estimate of drug-likeness (QED) is 0.720. The predicted molar refractivity (Wildman–Crippen MR) is 60.1 cm³/mol. The Balaban J connectivity index is 1.58. The van der Waals surface area contributed by atoms with E-state index in [1.807, 2.05) is 0 Å². The summed E-state index contributed by atoms with van der Waals surface area (Å²) < 4.78 is 0. The van der Waals surface area contributed by atoms with Gasteiger partial charge in [-0.3, -0.25) is 0 Å². The molecule has 2 nitrogen and oxygen atoms in total. The zero-order valence-electron chi connectivity index (χ0n) is 9.17. The highest BCUT2D eigenvalue weighted by Gasteiger charge is 2.22. The van der Waals surface area contributed by atoms with E-state index in [9.17, 15) is 0 Å². The number of nitrogens with one attached hydrogen (secondary N) is 1. The first-order chi connectivity index (χ1) is 6.88. The van der Waals surface area contributed by atoms with Crippen LogP contribution in [0, 0.1) is 11.8 Å². The molecule has 0 spiro atoms. The van der Waals surface area contributed by atoms with Gasteiger partial charge in [-0.2, -0.15) is 0 Å². The number of hydrogen-bond donors (Lipinski definition) is 2. The van der Waals surface area contributed by atoms with Crippen molar-refractivity contribution in [2.24, 2.45) is 17.6 Å². The monoisotopic (exact) mass is 196 g/mol. The standard InChI is InChI=1S/C12H24N2/c13-8-10-4-6-11(7-5-10)9-14-12-2-1-3-12/h10-12,14H,1-9,13H2. The van der Waals surface area contributed by atoms with Crippen molar-refractivity contribution in [2.45, 2.75) is 51.0 Å². The van der Waals surface area contributed by atoms with Gasteiger partial charge in [0.05, 0.1) is 0 Å². The van der Waals surface area contributed by atoms with Crippen molar-refractivity contribution in [3.05, 3.63) is 0 Å². The van der Waals surface area contributed by atoms with Crippen molar-refractivity contribution >= 4 is 0 Å². The van der Waals surface area contributed by atoms with Crippen molar-refractivity contribution in [2.75, 3.05) is 13.1 Å². The average Bonchev–Trinajstić information content (AvgIpc) is 2.16. The summed E-state index contributed by atoms with van der Waals surface area (Å²) in [6.07, 6.45) is 9.82. The molecule has 0 amide bonds. The number of nitrogens with two attached hydrogens (primary N) is 1. The molecule has 2 rings (SSSR count). The zero-order chi connectivity index (χ0) is 9.80. The maximum atomic E-state index is 5.69. The van der Waals surface area contributed by atoms with Crippen LogP contribution in [0.5, 0.6) is 0 Å². The lowest BCUT2D eigenvalue weighted by molar-refractivity contribution is 0.246. The Labute approximate surface area is 87.6 Å². The van der Waals surface area contributed by atoms with E-state index in [-0.39, 0.29) is 0 Å². The van der Waals surface area contributed by atoms with Gasteiger partial charge in [-0.15, -0.1) is 0 Å². The van der Waals surface area contributed by atoms with E-state index in [0.29, 0.717) is 0 Å². The van der Waals surface area contributed by atoms with Crippen LogP contribution in [0.1, 0.15) is 44.9 Å². The van der Waals surface area contributed by atoms with Crippen molar-refractivity contribution in [3.8, 4) is 0 Å². The fraction of sp³-hybridized carbons (Fsp3) is 1.00. The van der Waals surface area contributed by atoms with Gasteiger partial charge in [-0.05, 0) is 63.5 Å². The molecule has 0 bridgehead atoms. The molecule has 14 heavy (non-hydrogen) atoms. The largest absolute Gasteiger partial charge is 0.330 e. The third kappa shape index (κ3) is 2.71. The molecule has 0 aliphatic heterocycles. The van der Waals surface area contributed by atoms with Crippen LogP contribution in [0.15, 0.2) is 0 Å². The molecule has 2 heteroatoms. The summed E-state index contributed by atoms with van der Waals surface area (Å²) in [4.78, 5) is 0. The van der Waals surface area contributed by atoms with Gasteiger partial charge in [-0.1, -0.05) is 6.42 Å². The van der Waals surface area contributed by atoms with E-state index in [4.69, 9.17) is 5.73 Å². The van der Waals surface area contributed by atoms with E-state index in [0.717, 1.165) is 24.4 Å². The molecule has 82 valence electrons. The van der Waals surface area contributed by atoms with Crippen LogP contribution >= 0.6 is 0 Å². The van der Waals surface area contributed by atoms with Crippen LogP contribution in [0.3, 0.4) is 0 Å². The van der Waals surface area contributed by atoms with Crippen molar-refractivity contribution in [1.29, 1.82) is 0 Å². The van der Waals surface area contributed by atoms with Crippen LogP contribution in [0.4, 0.5) is 0 Å². The van der Waals surface area contributed by atoms with E-state index in [1.165, 1.54) is 51.5 Å². The maximum absolute atomic E-state index is 5.69. The SMILES string of the molecule is NCC1CCC(CNC2CCC2)CC1. The molecular weight excluding hydrogens is 172 g/mol. The Hall–Kier alpha value is -0.0800. The lowest BCUT2D eigenvalue weighted by Crippen LogP contribution is -2.39. The Bertz CT molecular complexity index is 158. The van der Waals surface area contributed by atoms with E-state index < -0.39 is 0 Å². The normalized spacial score (nSPS) is 34.1. The summed E-state index contributed by atoms with van der Waals surface area (Å²) in [7, 11) is 0. The highest BCUT2D eigenvalue weighted by atomic mass is 14.9. The van der Waals surface area contributed by atoms with E-state index in [2.05, 4.69) is 5.32 Å². The highest BCUT2D eigenvalue weighted by molar-refractivity contribution is 4.80. The molecule has 3 N–H and O–H groups in total. The maximum Gasteiger partial charge on any atom is 0.00671 e. The molecule has 0 aromatic rings. The minimum Gasteiger partial charge on any atom is -0.330 e. The smallest absolute Gasteiger partial charge is 0.00671 e. The van der Waals surface area contributed by atoms with Crippen LogP contribution in [0.2, 0.25) is 0 Å². The molecular formula is C12H24N2. The summed E-state index contributed by atoms with van der Waals surface area (Å²) in [6, 6.07) is 0.863. The molecule has 2 saturated carbocycles. The summed E-state index contributed by atoms with van der Waals surface area (Å²) in [5.41, 5.74) is 5.69. The Morgan fingerprint density at radius 2 is 1.57 bits per heavy atom. The van der Waals surface area contributed by atoms with Gasteiger partial charge < -0.3 is 11.1 Å². The second kappa shape index (κ2) is 5.13. The highest BCUT2D eigenvalue weighted by Crippen LogP contribution is 2.28. The van der Waals surface area contributed by atoms with Crippen molar-refractivity contribution in [1.82, 2.24) is 5.32 Å². The average molecular weight is 196 g/mol. The molecule has 0 atom stereocenters. The summed E-state index contributed by atoms with van der Waals surface area (Å²) in [5, 5.41) is 3.69. The lowest BCUT2D eigenvalue weighted by atomic mass is 9.81. The van der Waals surface area contributed by atoms with Gasteiger partial charge in [0.2, 0.25) is 0 Å². The molecule has 0 radical (unpaired) electrons. The second-order valence-corrected chi connectivity index (χ2v) is 5.16. The molecule has 0 aromatic heterocycles. The Kier molecular flexibility index (Phi) is 3.82. The van der Waals surface area contributed by atoms with E-state index >= 15 is 0 Å². The molecule has 0 heterocycles. The summed E-state index contributed by atoms with van der Waals surface area (Å²) >= 11 is 0.